The van der Waals surface area contributed by atoms with Gasteiger partial charge < -0.3 is 19.8 Å². The fourth-order valence-electron chi connectivity index (χ4n) is 3.02. The molecule has 0 bridgehead atoms. The summed E-state index contributed by atoms with van der Waals surface area (Å²) in [5, 5.41) is 13.5. The van der Waals surface area contributed by atoms with E-state index in [0.29, 0.717) is 44.1 Å². The van der Waals surface area contributed by atoms with Crippen LogP contribution in [0.25, 0.3) is 22.1 Å². The van der Waals surface area contributed by atoms with Crippen molar-refractivity contribution in [2.24, 2.45) is 0 Å². The first-order chi connectivity index (χ1) is 13.0. The Labute approximate surface area is 162 Å². The number of benzene rings is 2. The van der Waals surface area contributed by atoms with E-state index in [1.807, 2.05) is 0 Å². The highest BCUT2D eigenvalue weighted by atomic mass is 35.5. The van der Waals surface area contributed by atoms with E-state index in [1.165, 1.54) is 6.07 Å². The number of hydrogen-bond donors (Lipinski definition) is 3. The molecule has 2 heterocycles. The molecular weight excluding hydrogens is 391 g/mol. The normalized spacial score (nSPS) is 14.1. The number of fused-ring (bicyclic) bond motifs is 3. The summed E-state index contributed by atoms with van der Waals surface area (Å²) >= 11 is 12.4. The zero-order valence-electron chi connectivity index (χ0n) is 13.7. The maximum Gasteiger partial charge on any atom is 0.339 e. The highest BCUT2D eigenvalue weighted by molar-refractivity contribution is 6.39. The van der Waals surface area contributed by atoms with Crippen LogP contribution >= 0.6 is 23.2 Å². The van der Waals surface area contributed by atoms with E-state index in [1.54, 1.807) is 18.2 Å². The second-order valence-electron chi connectivity index (χ2n) is 6.44. The van der Waals surface area contributed by atoms with Crippen LogP contribution in [0.5, 0.6) is 0 Å². The molecule has 4 aromatic rings. The molecule has 0 spiro atoms. The standard InChI is InChI=1S/C18H12Cl2N4O3/c19-9-2-1-3-10(20)12(9)23-18-21-11-6-8(17(25)26)15-14(13(11)24-18)22-16(27-15)7-4-5-7/h1-3,6-7H,4-5H2,(H,25,26)(H2,21,23,24). The predicted octanol–water partition coefficient (Wildman–Crippen LogP) is 5.33. The van der Waals surface area contributed by atoms with Gasteiger partial charge in [-0.15, -0.1) is 0 Å². The lowest BCUT2D eigenvalue weighted by atomic mass is 10.1. The Kier molecular flexibility index (Phi) is 3.57. The van der Waals surface area contributed by atoms with Gasteiger partial charge in [0.1, 0.15) is 16.6 Å². The molecule has 27 heavy (non-hydrogen) atoms. The van der Waals surface area contributed by atoms with Crippen LogP contribution in [0.2, 0.25) is 10.0 Å². The number of rotatable bonds is 4. The lowest BCUT2D eigenvalue weighted by molar-refractivity contribution is 0.0698. The number of aromatic carboxylic acids is 1. The molecule has 3 N–H and O–H groups in total. The Hall–Kier alpha value is -2.77. The summed E-state index contributed by atoms with van der Waals surface area (Å²) in [6.07, 6.45) is 1.99. The van der Waals surface area contributed by atoms with E-state index in [0.717, 1.165) is 12.8 Å². The molecule has 0 amide bonds. The zero-order valence-corrected chi connectivity index (χ0v) is 15.2. The molecule has 0 radical (unpaired) electrons. The number of carbonyl (C=O) groups is 1. The van der Waals surface area contributed by atoms with Crippen LogP contribution in [0.1, 0.15) is 35.0 Å². The molecule has 2 aromatic heterocycles. The van der Waals surface area contributed by atoms with Gasteiger partial charge in [0.25, 0.3) is 0 Å². The molecule has 5 rings (SSSR count). The summed E-state index contributed by atoms with van der Waals surface area (Å²) in [6, 6.07) is 6.65. The Bertz CT molecular complexity index is 1210. The number of H-pyrrole nitrogens is 1. The molecule has 1 fully saturated rings. The highest BCUT2D eigenvalue weighted by Gasteiger charge is 2.31. The summed E-state index contributed by atoms with van der Waals surface area (Å²) in [6.45, 7) is 0. The number of anilines is 2. The molecule has 0 unspecified atom stereocenters. The van der Waals surface area contributed by atoms with Crippen LogP contribution in [0, 0.1) is 0 Å². The van der Waals surface area contributed by atoms with Gasteiger partial charge in [-0.25, -0.2) is 14.8 Å². The number of halogens is 2. The molecule has 1 aliphatic carbocycles. The van der Waals surface area contributed by atoms with Gasteiger partial charge in [-0.1, -0.05) is 29.3 Å². The van der Waals surface area contributed by atoms with Crippen molar-refractivity contribution >= 4 is 62.9 Å². The van der Waals surface area contributed by atoms with Crippen molar-refractivity contribution in [1.82, 2.24) is 15.0 Å². The van der Waals surface area contributed by atoms with Gasteiger partial charge in [-0.05, 0) is 31.0 Å². The van der Waals surface area contributed by atoms with Crippen LogP contribution < -0.4 is 5.32 Å². The lowest BCUT2D eigenvalue weighted by Gasteiger charge is -2.06. The van der Waals surface area contributed by atoms with Gasteiger partial charge in [-0.2, -0.15) is 0 Å². The summed E-state index contributed by atoms with van der Waals surface area (Å²) in [7, 11) is 0. The molecule has 7 nitrogen and oxygen atoms in total. The van der Waals surface area contributed by atoms with Crippen molar-refractivity contribution in [2.75, 3.05) is 5.32 Å². The maximum atomic E-state index is 11.7. The number of carboxylic acids is 1. The summed E-state index contributed by atoms with van der Waals surface area (Å²) in [5.74, 6) is 0.109. The van der Waals surface area contributed by atoms with Gasteiger partial charge in [0.05, 0.1) is 21.2 Å². The van der Waals surface area contributed by atoms with Crippen molar-refractivity contribution < 1.29 is 14.3 Å². The minimum Gasteiger partial charge on any atom is -0.478 e. The number of aromatic nitrogens is 3. The van der Waals surface area contributed by atoms with E-state index in [4.69, 9.17) is 27.6 Å². The van der Waals surface area contributed by atoms with Crippen molar-refractivity contribution in [1.29, 1.82) is 0 Å². The average Bonchev–Trinajstić information content (AvgIpc) is 3.24. The fourth-order valence-corrected chi connectivity index (χ4v) is 3.51. The second kappa shape index (κ2) is 5.87. The van der Waals surface area contributed by atoms with Crippen LogP contribution in [0.3, 0.4) is 0 Å². The SMILES string of the molecule is O=C(O)c1cc2[nH]c(Nc3c(Cl)cccc3Cl)nc2c2nc(C3CC3)oc12. The third kappa shape index (κ3) is 2.70. The maximum absolute atomic E-state index is 11.7. The van der Waals surface area contributed by atoms with E-state index in [9.17, 15) is 9.90 Å². The third-order valence-corrected chi connectivity index (χ3v) is 5.13. The number of imidazole rings is 1. The molecular formula is C18H12Cl2N4O3. The lowest BCUT2D eigenvalue weighted by Crippen LogP contribution is -1.96. The van der Waals surface area contributed by atoms with Crippen LogP contribution in [0.15, 0.2) is 28.7 Å². The van der Waals surface area contributed by atoms with Gasteiger partial charge in [0.2, 0.25) is 5.95 Å². The van der Waals surface area contributed by atoms with E-state index >= 15 is 0 Å². The number of para-hydroxylation sites is 1. The van der Waals surface area contributed by atoms with Crippen LogP contribution in [0.4, 0.5) is 11.6 Å². The first-order valence-corrected chi connectivity index (χ1v) is 9.04. The zero-order chi connectivity index (χ0) is 18.7. The number of aromatic amines is 1. The average molecular weight is 403 g/mol. The van der Waals surface area contributed by atoms with Crippen molar-refractivity contribution in [3.05, 3.63) is 45.8 Å². The molecule has 1 saturated carbocycles. The largest absolute Gasteiger partial charge is 0.478 e. The fraction of sp³-hybridized carbons (Fsp3) is 0.167. The highest BCUT2D eigenvalue weighted by Crippen LogP contribution is 2.42. The van der Waals surface area contributed by atoms with Crippen LogP contribution in [-0.2, 0) is 0 Å². The predicted molar refractivity (Wildman–Crippen MR) is 102 cm³/mol. The summed E-state index contributed by atoms with van der Waals surface area (Å²) < 4.78 is 5.75. The Morgan fingerprint density at radius 2 is 1.96 bits per heavy atom. The molecule has 2 aromatic carbocycles. The molecule has 0 atom stereocenters. The molecule has 0 saturated heterocycles. The second-order valence-corrected chi connectivity index (χ2v) is 7.25. The number of carboxylic acid groups (broad SMARTS) is 1. The summed E-state index contributed by atoms with van der Waals surface area (Å²) in [5.41, 5.74) is 2.28. The van der Waals surface area contributed by atoms with E-state index in [-0.39, 0.29) is 17.1 Å². The molecule has 9 heteroatoms. The topological polar surface area (TPSA) is 104 Å². The minimum atomic E-state index is -1.08. The van der Waals surface area contributed by atoms with E-state index < -0.39 is 5.97 Å². The van der Waals surface area contributed by atoms with E-state index in [2.05, 4.69) is 20.3 Å². The van der Waals surface area contributed by atoms with Gasteiger partial charge in [-0.3, -0.25) is 0 Å². The van der Waals surface area contributed by atoms with Gasteiger partial charge >= 0.3 is 5.97 Å². The smallest absolute Gasteiger partial charge is 0.339 e. The first-order valence-electron chi connectivity index (χ1n) is 8.28. The van der Waals surface area contributed by atoms with Crippen molar-refractivity contribution in [2.45, 2.75) is 18.8 Å². The first kappa shape index (κ1) is 16.4. The number of nitrogens with zero attached hydrogens (tertiary/aromatic N) is 2. The summed E-state index contributed by atoms with van der Waals surface area (Å²) in [4.78, 5) is 23.7. The molecule has 0 aliphatic heterocycles. The van der Waals surface area contributed by atoms with Crippen molar-refractivity contribution in [3.63, 3.8) is 0 Å². The number of oxazole rings is 1. The molecule has 136 valence electrons. The number of hydrogen-bond acceptors (Lipinski definition) is 5. The number of nitrogens with one attached hydrogen (secondary N) is 2. The quantitative estimate of drug-likeness (QED) is 0.426. The monoisotopic (exact) mass is 402 g/mol. The molecule has 1 aliphatic rings. The third-order valence-electron chi connectivity index (χ3n) is 4.50. The Morgan fingerprint density at radius 1 is 1.22 bits per heavy atom. The Morgan fingerprint density at radius 3 is 2.63 bits per heavy atom. The van der Waals surface area contributed by atoms with Crippen LogP contribution in [-0.4, -0.2) is 26.0 Å². The Balaban J connectivity index is 1.68. The van der Waals surface area contributed by atoms with Gasteiger partial charge in [0, 0.05) is 5.92 Å². The van der Waals surface area contributed by atoms with Crippen molar-refractivity contribution in [3.8, 4) is 0 Å². The van der Waals surface area contributed by atoms with Gasteiger partial charge in [0.15, 0.2) is 11.5 Å². The minimum absolute atomic E-state index is 0.0443.